The molecule has 3 aromatic carbocycles. The van der Waals surface area contributed by atoms with Gasteiger partial charge in [-0.05, 0) is 35.9 Å². The van der Waals surface area contributed by atoms with Gasteiger partial charge in [0.05, 0.1) is 0 Å². The zero-order chi connectivity index (χ0) is 27.0. The average Bonchev–Trinajstić information content (AvgIpc) is 3.04. The summed E-state index contributed by atoms with van der Waals surface area (Å²) in [6.45, 7) is 9.91. The number of carbonyl (C=O) groups excluding carboxylic acids is 1. The van der Waals surface area contributed by atoms with Crippen LogP contribution in [0.2, 0.25) is 0 Å². The maximum atomic E-state index is 10.0. The Kier molecular flexibility index (Phi) is 11.5. The van der Waals surface area contributed by atoms with Gasteiger partial charge in [0, 0.05) is 88.2 Å². The van der Waals surface area contributed by atoms with E-state index in [1.807, 2.05) is 36.7 Å². The fourth-order valence-corrected chi connectivity index (χ4v) is 4.65. The number of hydrogen-bond donors (Lipinski definition) is 1. The van der Waals surface area contributed by atoms with Crippen LogP contribution in [0.3, 0.4) is 0 Å². The average molecular weight is 522 g/mol. The van der Waals surface area contributed by atoms with Crippen molar-refractivity contribution in [2.75, 3.05) is 62.2 Å². The summed E-state index contributed by atoms with van der Waals surface area (Å²) in [6, 6.07) is 34.5. The number of benzene rings is 3. The largest absolute Gasteiger partial charge is 0.369 e. The number of rotatable bonds is 5. The second kappa shape index (κ2) is 16.1. The molecule has 0 amide bonds. The zero-order valence-corrected chi connectivity index (χ0v) is 22.6. The molecule has 0 aliphatic carbocycles. The zero-order valence-electron chi connectivity index (χ0n) is 22.6. The Balaban J connectivity index is 0.000000150. The SMILES string of the molecule is O=Cc1ccccc1.c1ccc(N2CCN(Cc3cccnc3)CC2)cc1.c1ccc(N2CCNCC2)cc1. The first-order valence-electron chi connectivity index (χ1n) is 13.7. The van der Waals surface area contributed by atoms with Gasteiger partial charge in [0.1, 0.15) is 6.29 Å². The maximum absolute atomic E-state index is 10.0. The first-order chi connectivity index (χ1) is 19.3. The van der Waals surface area contributed by atoms with E-state index in [-0.39, 0.29) is 0 Å². The minimum atomic E-state index is 0.729. The minimum absolute atomic E-state index is 0.729. The normalized spacial score (nSPS) is 15.3. The highest BCUT2D eigenvalue weighted by atomic mass is 16.1. The molecule has 6 nitrogen and oxygen atoms in total. The van der Waals surface area contributed by atoms with E-state index in [0.717, 1.165) is 70.8 Å². The predicted octanol–water partition coefficient (Wildman–Crippen LogP) is 5.00. The van der Waals surface area contributed by atoms with Crippen molar-refractivity contribution in [1.29, 1.82) is 0 Å². The molecular weight excluding hydrogens is 482 g/mol. The third-order valence-electron chi connectivity index (χ3n) is 6.80. The molecule has 1 N–H and O–H groups in total. The van der Waals surface area contributed by atoms with E-state index in [2.05, 4.69) is 91.7 Å². The molecule has 202 valence electrons. The molecule has 1 aromatic heterocycles. The molecular formula is C33H39N5O. The monoisotopic (exact) mass is 521 g/mol. The van der Waals surface area contributed by atoms with Crippen molar-refractivity contribution < 1.29 is 4.79 Å². The van der Waals surface area contributed by atoms with Crippen molar-refractivity contribution in [2.24, 2.45) is 0 Å². The van der Waals surface area contributed by atoms with Crippen molar-refractivity contribution in [3.05, 3.63) is 127 Å². The Morgan fingerprint density at radius 1 is 0.641 bits per heavy atom. The molecule has 0 unspecified atom stereocenters. The first-order valence-corrected chi connectivity index (χ1v) is 13.7. The Morgan fingerprint density at radius 2 is 1.18 bits per heavy atom. The van der Waals surface area contributed by atoms with Gasteiger partial charge in [-0.2, -0.15) is 0 Å². The number of hydrogen-bond acceptors (Lipinski definition) is 6. The van der Waals surface area contributed by atoms with E-state index in [4.69, 9.17) is 0 Å². The standard InChI is InChI=1S/C16H19N3.C10H14N2.C7H6O/c1-2-6-16(7-3-1)19-11-9-18(10-12-19)14-15-5-4-8-17-13-15;1-2-4-10(5-3-1)12-8-6-11-7-9-12;8-6-7-4-2-1-3-5-7/h1-8,13H,9-12,14H2;1-5,11H,6-9H2;1-6H. The van der Waals surface area contributed by atoms with Gasteiger partial charge in [0.25, 0.3) is 0 Å². The molecule has 2 saturated heterocycles. The van der Waals surface area contributed by atoms with Gasteiger partial charge in [-0.15, -0.1) is 0 Å². The van der Waals surface area contributed by atoms with Gasteiger partial charge in [0.15, 0.2) is 0 Å². The fourth-order valence-electron chi connectivity index (χ4n) is 4.65. The Bertz CT molecular complexity index is 1180. The number of nitrogens with one attached hydrogen (secondary N) is 1. The van der Waals surface area contributed by atoms with Crippen LogP contribution < -0.4 is 15.1 Å². The molecule has 39 heavy (non-hydrogen) atoms. The molecule has 3 heterocycles. The summed E-state index contributed by atoms with van der Waals surface area (Å²) in [5, 5.41) is 3.34. The van der Waals surface area contributed by atoms with Crippen LogP contribution in [0.25, 0.3) is 0 Å². The minimum Gasteiger partial charge on any atom is -0.369 e. The topological polar surface area (TPSA) is 51.7 Å². The van der Waals surface area contributed by atoms with Crippen molar-refractivity contribution in [3.63, 3.8) is 0 Å². The molecule has 0 spiro atoms. The van der Waals surface area contributed by atoms with Crippen LogP contribution in [0.5, 0.6) is 0 Å². The second-order valence-corrected chi connectivity index (χ2v) is 9.56. The van der Waals surface area contributed by atoms with Crippen molar-refractivity contribution in [2.45, 2.75) is 6.54 Å². The Labute approximate surface area is 232 Å². The molecule has 6 rings (SSSR count). The highest BCUT2D eigenvalue weighted by molar-refractivity contribution is 5.74. The molecule has 0 saturated carbocycles. The van der Waals surface area contributed by atoms with Crippen LogP contribution in [-0.2, 0) is 6.54 Å². The van der Waals surface area contributed by atoms with Crippen molar-refractivity contribution in [3.8, 4) is 0 Å². The number of anilines is 2. The Morgan fingerprint density at radius 3 is 1.67 bits per heavy atom. The van der Waals surface area contributed by atoms with Crippen molar-refractivity contribution >= 4 is 17.7 Å². The lowest BCUT2D eigenvalue weighted by Gasteiger charge is -2.36. The fraction of sp³-hybridized carbons (Fsp3) is 0.273. The first kappa shape index (κ1) is 28.0. The van der Waals surface area contributed by atoms with E-state index < -0.39 is 0 Å². The quantitative estimate of drug-likeness (QED) is 0.373. The van der Waals surface area contributed by atoms with Gasteiger partial charge >= 0.3 is 0 Å². The second-order valence-electron chi connectivity index (χ2n) is 9.56. The number of nitrogens with zero attached hydrogens (tertiary/aromatic N) is 4. The summed E-state index contributed by atoms with van der Waals surface area (Å²) in [5.41, 5.74) is 4.71. The van der Waals surface area contributed by atoms with Crippen LogP contribution in [0.15, 0.2) is 116 Å². The number of pyridine rings is 1. The summed E-state index contributed by atoms with van der Waals surface area (Å²) in [4.78, 5) is 21.5. The molecule has 2 fully saturated rings. The van der Waals surface area contributed by atoms with Crippen LogP contribution in [0, 0.1) is 0 Å². The van der Waals surface area contributed by atoms with Gasteiger partial charge < -0.3 is 15.1 Å². The van der Waals surface area contributed by atoms with E-state index in [1.54, 1.807) is 12.1 Å². The summed E-state index contributed by atoms with van der Waals surface area (Å²) in [7, 11) is 0. The van der Waals surface area contributed by atoms with E-state index in [1.165, 1.54) is 16.9 Å². The number of para-hydroxylation sites is 2. The summed E-state index contributed by atoms with van der Waals surface area (Å²) >= 11 is 0. The Hall–Kier alpha value is -4.00. The van der Waals surface area contributed by atoms with Gasteiger partial charge in [0.2, 0.25) is 0 Å². The molecule has 6 heteroatoms. The molecule has 4 aromatic rings. The highest BCUT2D eigenvalue weighted by Gasteiger charge is 2.17. The highest BCUT2D eigenvalue weighted by Crippen LogP contribution is 2.16. The lowest BCUT2D eigenvalue weighted by atomic mass is 10.2. The molecule has 2 aliphatic heterocycles. The maximum Gasteiger partial charge on any atom is 0.150 e. The molecule has 2 aliphatic rings. The summed E-state index contributed by atoms with van der Waals surface area (Å²) < 4.78 is 0. The summed E-state index contributed by atoms with van der Waals surface area (Å²) in [5.74, 6) is 0. The summed E-state index contributed by atoms with van der Waals surface area (Å²) in [6.07, 6.45) is 4.63. The van der Waals surface area contributed by atoms with E-state index in [9.17, 15) is 4.79 Å². The molecule has 0 atom stereocenters. The van der Waals surface area contributed by atoms with Crippen LogP contribution in [0.4, 0.5) is 11.4 Å². The van der Waals surface area contributed by atoms with Crippen molar-refractivity contribution in [1.82, 2.24) is 15.2 Å². The van der Waals surface area contributed by atoms with Gasteiger partial charge in [-0.3, -0.25) is 14.7 Å². The lowest BCUT2D eigenvalue weighted by molar-refractivity contribution is 0.112. The van der Waals surface area contributed by atoms with Crippen LogP contribution in [-0.4, -0.2) is 68.5 Å². The van der Waals surface area contributed by atoms with Gasteiger partial charge in [-0.25, -0.2) is 0 Å². The third kappa shape index (κ3) is 9.67. The van der Waals surface area contributed by atoms with Crippen LogP contribution in [0.1, 0.15) is 15.9 Å². The lowest BCUT2D eigenvalue weighted by Crippen LogP contribution is -2.45. The van der Waals surface area contributed by atoms with Crippen LogP contribution >= 0.6 is 0 Å². The molecule has 0 bridgehead atoms. The number of aldehydes is 1. The third-order valence-corrected chi connectivity index (χ3v) is 6.80. The van der Waals surface area contributed by atoms with E-state index >= 15 is 0 Å². The van der Waals surface area contributed by atoms with Gasteiger partial charge in [-0.1, -0.05) is 72.8 Å². The smallest absolute Gasteiger partial charge is 0.150 e. The number of piperazine rings is 2. The number of carbonyl (C=O) groups is 1. The molecule has 0 radical (unpaired) electrons. The number of aromatic nitrogens is 1. The van der Waals surface area contributed by atoms with E-state index in [0.29, 0.717) is 0 Å². The predicted molar refractivity (Wildman–Crippen MR) is 162 cm³/mol.